The van der Waals surface area contributed by atoms with Crippen molar-refractivity contribution in [2.45, 2.75) is 13.8 Å². The number of hydrogen-bond acceptors (Lipinski definition) is 4. The number of carbonyl (C=O) groups is 3. The van der Waals surface area contributed by atoms with Gasteiger partial charge in [0, 0.05) is 18.4 Å². The summed E-state index contributed by atoms with van der Waals surface area (Å²) in [5.74, 6) is -0.0276. The molecule has 0 atom stereocenters. The van der Waals surface area contributed by atoms with Crippen molar-refractivity contribution in [2.75, 3.05) is 17.2 Å². The van der Waals surface area contributed by atoms with Gasteiger partial charge in [0.25, 0.3) is 11.8 Å². The summed E-state index contributed by atoms with van der Waals surface area (Å²) in [6.45, 7) is 4.26. The molecule has 1 aromatic heterocycles. The van der Waals surface area contributed by atoms with Gasteiger partial charge in [0.15, 0.2) is 0 Å². The van der Waals surface area contributed by atoms with Crippen molar-refractivity contribution in [2.24, 2.45) is 5.92 Å². The average Bonchev–Trinajstić information content (AvgIpc) is 2.80. The van der Waals surface area contributed by atoms with Crippen LogP contribution < -0.4 is 10.6 Å². The zero-order valence-electron chi connectivity index (χ0n) is 13.9. The molecule has 2 heterocycles. The van der Waals surface area contributed by atoms with Crippen molar-refractivity contribution in [1.29, 1.82) is 0 Å². The molecule has 0 bridgehead atoms. The van der Waals surface area contributed by atoms with Crippen molar-refractivity contribution in [3.63, 3.8) is 0 Å². The van der Waals surface area contributed by atoms with Crippen LogP contribution in [-0.4, -0.2) is 34.3 Å². The molecule has 0 saturated heterocycles. The van der Waals surface area contributed by atoms with Gasteiger partial charge in [-0.25, -0.2) is 9.78 Å². The number of amides is 4. The molecular weight excluding hydrogens is 320 g/mol. The van der Waals surface area contributed by atoms with Crippen molar-refractivity contribution in [3.05, 3.63) is 53.7 Å². The second kappa shape index (κ2) is 6.72. The van der Waals surface area contributed by atoms with Gasteiger partial charge in [-0.05, 0) is 36.2 Å². The number of pyridine rings is 1. The second-order valence-corrected chi connectivity index (χ2v) is 6.17. The highest BCUT2D eigenvalue weighted by molar-refractivity contribution is 6.22. The normalized spacial score (nSPS) is 13.2. The first-order valence-corrected chi connectivity index (χ1v) is 7.95. The van der Waals surface area contributed by atoms with E-state index in [-0.39, 0.29) is 17.7 Å². The molecule has 128 valence electrons. The van der Waals surface area contributed by atoms with Crippen LogP contribution in [0, 0.1) is 5.92 Å². The minimum Gasteiger partial charge on any atom is -0.308 e. The molecule has 0 saturated carbocycles. The van der Waals surface area contributed by atoms with Crippen LogP contribution in [0.15, 0.2) is 42.6 Å². The molecule has 1 aliphatic rings. The third-order valence-electron chi connectivity index (χ3n) is 3.68. The van der Waals surface area contributed by atoms with Crippen LogP contribution in [-0.2, 0) is 0 Å². The number of benzene rings is 1. The largest absolute Gasteiger partial charge is 0.324 e. The maximum Gasteiger partial charge on any atom is 0.324 e. The van der Waals surface area contributed by atoms with Crippen LogP contribution in [0.1, 0.15) is 34.6 Å². The van der Waals surface area contributed by atoms with E-state index in [9.17, 15) is 14.4 Å². The summed E-state index contributed by atoms with van der Waals surface area (Å²) < 4.78 is 0. The van der Waals surface area contributed by atoms with E-state index in [1.165, 1.54) is 11.0 Å². The molecule has 2 aromatic rings. The topological polar surface area (TPSA) is 91.4 Å². The molecule has 3 rings (SSSR count). The van der Waals surface area contributed by atoms with Crippen LogP contribution in [0.4, 0.5) is 16.3 Å². The van der Waals surface area contributed by atoms with Crippen molar-refractivity contribution in [1.82, 2.24) is 9.88 Å². The van der Waals surface area contributed by atoms with Crippen LogP contribution in [0.3, 0.4) is 0 Å². The Morgan fingerprint density at radius 3 is 2.52 bits per heavy atom. The summed E-state index contributed by atoms with van der Waals surface area (Å²) in [4.78, 5) is 42.0. The number of carbonyl (C=O) groups excluding carboxylic acids is 3. The monoisotopic (exact) mass is 338 g/mol. The highest BCUT2D eigenvalue weighted by atomic mass is 16.2. The summed E-state index contributed by atoms with van der Waals surface area (Å²) in [7, 11) is 0. The standard InChI is InChI=1S/C18H18N4O3/c1-11(2)10-22-16(23)13-7-6-12(9-14(13)17(22)24)20-18(25)21-15-5-3-4-8-19-15/h3-9,11H,10H2,1-2H3,(H2,19,20,21,25). The Bertz CT molecular complexity index is 833. The van der Waals surface area contributed by atoms with E-state index in [0.717, 1.165) is 0 Å². The van der Waals surface area contributed by atoms with Crippen molar-refractivity contribution in [3.8, 4) is 0 Å². The number of nitrogens with zero attached hydrogens (tertiary/aromatic N) is 2. The number of nitrogens with one attached hydrogen (secondary N) is 2. The fourth-order valence-corrected chi connectivity index (χ4v) is 2.61. The lowest BCUT2D eigenvalue weighted by atomic mass is 10.1. The fourth-order valence-electron chi connectivity index (χ4n) is 2.61. The van der Waals surface area contributed by atoms with Gasteiger partial charge in [0.2, 0.25) is 0 Å². The molecular formula is C18H18N4O3. The number of imide groups is 1. The van der Waals surface area contributed by atoms with Gasteiger partial charge in [-0.2, -0.15) is 0 Å². The highest BCUT2D eigenvalue weighted by Gasteiger charge is 2.35. The van der Waals surface area contributed by atoms with Gasteiger partial charge < -0.3 is 5.32 Å². The molecule has 4 amide bonds. The first kappa shape index (κ1) is 16.6. The molecule has 0 spiro atoms. The lowest BCUT2D eigenvalue weighted by molar-refractivity contribution is 0.0636. The van der Waals surface area contributed by atoms with E-state index in [0.29, 0.717) is 29.2 Å². The van der Waals surface area contributed by atoms with E-state index < -0.39 is 6.03 Å². The number of anilines is 2. The Hall–Kier alpha value is -3.22. The summed E-state index contributed by atoms with van der Waals surface area (Å²) >= 11 is 0. The summed E-state index contributed by atoms with van der Waals surface area (Å²) in [6, 6.07) is 9.37. The third-order valence-corrected chi connectivity index (χ3v) is 3.68. The lowest BCUT2D eigenvalue weighted by Crippen LogP contribution is -2.33. The summed E-state index contributed by atoms with van der Waals surface area (Å²) in [5, 5.41) is 5.23. The Balaban J connectivity index is 1.74. The molecule has 0 fully saturated rings. The highest BCUT2D eigenvalue weighted by Crippen LogP contribution is 2.26. The van der Waals surface area contributed by atoms with Crippen LogP contribution in [0.25, 0.3) is 0 Å². The van der Waals surface area contributed by atoms with Gasteiger partial charge in [-0.3, -0.25) is 19.8 Å². The minimum absolute atomic E-state index is 0.184. The zero-order chi connectivity index (χ0) is 18.0. The Morgan fingerprint density at radius 1 is 1.08 bits per heavy atom. The van der Waals surface area contributed by atoms with Gasteiger partial charge in [-0.15, -0.1) is 0 Å². The summed E-state index contributed by atoms with van der Waals surface area (Å²) in [6.07, 6.45) is 1.57. The first-order chi connectivity index (χ1) is 12.0. The van der Waals surface area contributed by atoms with E-state index >= 15 is 0 Å². The smallest absolute Gasteiger partial charge is 0.308 e. The van der Waals surface area contributed by atoms with Gasteiger partial charge in [0.05, 0.1) is 11.1 Å². The van der Waals surface area contributed by atoms with E-state index in [1.807, 2.05) is 13.8 Å². The van der Waals surface area contributed by atoms with Crippen LogP contribution in [0.5, 0.6) is 0 Å². The molecule has 0 radical (unpaired) electrons. The van der Waals surface area contributed by atoms with E-state index in [2.05, 4.69) is 15.6 Å². The molecule has 1 aliphatic heterocycles. The van der Waals surface area contributed by atoms with Crippen molar-refractivity contribution >= 4 is 29.4 Å². The molecule has 0 unspecified atom stereocenters. The van der Waals surface area contributed by atoms with Crippen molar-refractivity contribution < 1.29 is 14.4 Å². The zero-order valence-corrected chi connectivity index (χ0v) is 13.9. The Labute approximate surface area is 145 Å². The van der Waals surface area contributed by atoms with Gasteiger partial charge >= 0.3 is 6.03 Å². The van der Waals surface area contributed by atoms with Gasteiger partial charge in [-0.1, -0.05) is 19.9 Å². The maximum atomic E-state index is 12.4. The number of urea groups is 1. The quantitative estimate of drug-likeness (QED) is 0.839. The predicted octanol–water partition coefficient (Wildman–Crippen LogP) is 2.98. The van der Waals surface area contributed by atoms with Crippen LogP contribution >= 0.6 is 0 Å². The number of fused-ring (bicyclic) bond motifs is 1. The van der Waals surface area contributed by atoms with E-state index in [1.54, 1.807) is 36.5 Å². The maximum absolute atomic E-state index is 12.4. The molecule has 2 N–H and O–H groups in total. The minimum atomic E-state index is -0.477. The SMILES string of the molecule is CC(C)CN1C(=O)c2ccc(NC(=O)Nc3ccccn3)cc2C1=O. The number of aromatic nitrogens is 1. The predicted molar refractivity (Wildman–Crippen MR) is 93.5 cm³/mol. The molecule has 7 nitrogen and oxygen atoms in total. The average molecular weight is 338 g/mol. The Kier molecular flexibility index (Phi) is 4.47. The third kappa shape index (κ3) is 3.50. The fraction of sp³-hybridized carbons (Fsp3) is 0.222. The molecule has 0 aliphatic carbocycles. The molecule has 7 heteroatoms. The molecule has 1 aromatic carbocycles. The van der Waals surface area contributed by atoms with Crippen LogP contribution in [0.2, 0.25) is 0 Å². The first-order valence-electron chi connectivity index (χ1n) is 7.95. The number of hydrogen-bond donors (Lipinski definition) is 2. The van der Waals surface area contributed by atoms with E-state index in [4.69, 9.17) is 0 Å². The molecule has 25 heavy (non-hydrogen) atoms. The second-order valence-electron chi connectivity index (χ2n) is 6.17. The Morgan fingerprint density at radius 2 is 1.84 bits per heavy atom. The lowest BCUT2D eigenvalue weighted by Gasteiger charge is -2.15. The number of rotatable bonds is 4. The summed E-state index contributed by atoms with van der Waals surface area (Å²) in [5.41, 5.74) is 1.10. The van der Waals surface area contributed by atoms with Gasteiger partial charge in [0.1, 0.15) is 5.82 Å².